The van der Waals surface area contributed by atoms with Gasteiger partial charge in [0.2, 0.25) is 0 Å². The lowest BCUT2D eigenvalue weighted by atomic mass is 10.3. The Morgan fingerprint density at radius 1 is 1.50 bits per heavy atom. The highest BCUT2D eigenvalue weighted by Crippen LogP contribution is 2.25. The quantitative estimate of drug-likeness (QED) is 0.615. The SMILES string of the molecule is C=Cc1occ(C)c1N=C.CC. The third-order valence-electron chi connectivity index (χ3n) is 1.31. The maximum Gasteiger partial charge on any atom is 0.151 e. The number of rotatable bonds is 2. The number of nitrogens with zero attached hydrogens (tertiary/aromatic N) is 1. The first-order chi connectivity index (χ1) is 5.79. The van der Waals surface area contributed by atoms with E-state index in [0.29, 0.717) is 5.76 Å². The first kappa shape index (κ1) is 10.7. The Morgan fingerprint density at radius 2 is 2.08 bits per heavy atom. The van der Waals surface area contributed by atoms with Crippen molar-refractivity contribution in [3.05, 3.63) is 24.2 Å². The number of aliphatic imine (C=N–C) groups is 1. The van der Waals surface area contributed by atoms with Crippen molar-refractivity contribution in [1.29, 1.82) is 0 Å². The average molecular weight is 165 g/mol. The van der Waals surface area contributed by atoms with Crippen molar-refractivity contribution in [3.63, 3.8) is 0 Å². The Kier molecular flexibility index (Phi) is 4.77. The normalized spacial score (nSPS) is 8.25. The average Bonchev–Trinajstić information content (AvgIpc) is 2.49. The minimum Gasteiger partial charge on any atom is -0.462 e. The van der Waals surface area contributed by atoms with Crippen molar-refractivity contribution < 1.29 is 4.42 Å². The summed E-state index contributed by atoms with van der Waals surface area (Å²) in [6.07, 6.45) is 3.26. The van der Waals surface area contributed by atoms with Crippen LogP contribution in [-0.2, 0) is 0 Å². The summed E-state index contributed by atoms with van der Waals surface area (Å²) in [6.45, 7) is 12.9. The highest BCUT2D eigenvalue weighted by Gasteiger charge is 2.03. The van der Waals surface area contributed by atoms with Crippen molar-refractivity contribution in [2.45, 2.75) is 20.8 Å². The van der Waals surface area contributed by atoms with E-state index in [-0.39, 0.29) is 0 Å². The lowest BCUT2D eigenvalue weighted by molar-refractivity contribution is 0.556. The fourth-order valence-corrected chi connectivity index (χ4v) is 0.805. The summed E-state index contributed by atoms with van der Waals surface area (Å²) in [5.41, 5.74) is 1.78. The van der Waals surface area contributed by atoms with Crippen LogP contribution in [0, 0.1) is 6.92 Å². The molecule has 1 rings (SSSR count). The van der Waals surface area contributed by atoms with Crippen molar-refractivity contribution in [2.24, 2.45) is 4.99 Å². The van der Waals surface area contributed by atoms with E-state index in [9.17, 15) is 0 Å². The van der Waals surface area contributed by atoms with Gasteiger partial charge in [-0.1, -0.05) is 20.4 Å². The van der Waals surface area contributed by atoms with Crippen LogP contribution in [0.4, 0.5) is 5.69 Å². The Balaban J connectivity index is 0.000000561. The predicted molar refractivity (Wildman–Crippen MR) is 54.1 cm³/mol. The van der Waals surface area contributed by atoms with Gasteiger partial charge in [0.1, 0.15) is 5.69 Å². The van der Waals surface area contributed by atoms with E-state index in [1.165, 1.54) is 0 Å². The van der Waals surface area contributed by atoms with E-state index in [1.54, 1.807) is 12.3 Å². The van der Waals surface area contributed by atoms with E-state index in [4.69, 9.17) is 4.42 Å². The molecule has 12 heavy (non-hydrogen) atoms. The van der Waals surface area contributed by atoms with Gasteiger partial charge in [0.25, 0.3) is 0 Å². The van der Waals surface area contributed by atoms with Gasteiger partial charge in [-0.2, -0.15) is 0 Å². The van der Waals surface area contributed by atoms with Crippen LogP contribution in [0.5, 0.6) is 0 Å². The van der Waals surface area contributed by atoms with Crippen LogP contribution in [0.25, 0.3) is 6.08 Å². The van der Waals surface area contributed by atoms with E-state index in [2.05, 4.69) is 18.3 Å². The molecule has 1 heterocycles. The number of furan rings is 1. The number of hydrogen-bond acceptors (Lipinski definition) is 2. The zero-order valence-corrected chi connectivity index (χ0v) is 7.92. The van der Waals surface area contributed by atoms with Gasteiger partial charge in [-0.05, 0) is 19.7 Å². The smallest absolute Gasteiger partial charge is 0.151 e. The van der Waals surface area contributed by atoms with Crippen molar-refractivity contribution in [2.75, 3.05) is 0 Å². The third kappa shape index (κ3) is 2.09. The maximum atomic E-state index is 5.08. The monoisotopic (exact) mass is 165 g/mol. The molecule has 66 valence electrons. The molecule has 0 aliphatic heterocycles. The number of hydrogen-bond donors (Lipinski definition) is 0. The molecule has 0 aromatic carbocycles. The summed E-state index contributed by atoms with van der Waals surface area (Å²) in [5.74, 6) is 0.688. The van der Waals surface area contributed by atoms with Crippen molar-refractivity contribution in [1.82, 2.24) is 0 Å². The van der Waals surface area contributed by atoms with E-state index in [0.717, 1.165) is 11.3 Å². The molecule has 0 atom stereocenters. The molecule has 2 heteroatoms. The Bertz CT molecular complexity index is 261. The van der Waals surface area contributed by atoms with Gasteiger partial charge in [-0.15, -0.1) is 0 Å². The van der Waals surface area contributed by atoms with Crippen LogP contribution in [0.1, 0.15) is 25.2 Å². The highest BCUT2D eigenvalue weighted by molar-refractivity contribution is 5.63. The first-order valence-electron chi connectivity index (χ1n) is 3.97. The van der Waals surface area contributed by atoms with Crippen LogP contribution in [0.15, 0.2) is 22.3 Å². The first-order valence-corrected chi connectivity index (χ1v) is 3.97. The molecular formula is C10H15NO. The largest absolute Gasteiger partial charge is 0.462 e. The number of aryl methyl sites for hydroxylation is 1. The molecule has 0 amide bonds. The van der Waals surface area contributed by atoms with Crippen molar-refractivity contribution >= 4 is 18.5 Å². The molecule has 0 aliphatic rings. The summed E-state index contributed by atoms with van der Waals surface area (Å²) in [7, 11) is 0. The fraction of sp³-hybridized carbons (Fsp3) is 0.300. The Morgan fingerprint density at radius 3 is 2.42 bits per heavy atom. The fourth-order valence-electron chi connectivity index (χ4n) is 0.805. The standard InChI is InChI=1S/C8H9NO.C2H6/c1-4-7-8(9-3)6(2)5-10-7;1-2/h4-5H,1,3H2,2H3;1-2H3. The Hall–Kier alpha value is -1.31. The highest BCUT2D eigenvalue weighted by atomic mass is 16.3. The zero-order chi connectivity index (χ0) is 9.56. The van der Waals surface area contributed by atoms with Gasteiger partial charge < -0.3 is 4.42 Å². The van der Waals surface area contributed by atoms with Crippen LogP contribution < -0.4 is 0 Å². The summed E-state index contributed by atoms with van der Waals surface area (Å²) in [6, 6.07) is 0. The summed E-state index contributed by atoms with van der Waals surface area (Å²) < 4.78 is 5.08. The van der Waals surface area contributed by atoms with Gasteiger partial charge in [0, 0.05) is 5.56 Å². The molecule has 0 fully saturated rings. The molecule has 0 bridgehead atoms. The summed E-state index contributed by atoms with van der Waals surface area (Å²) >= 11 is 0. The predicted octanol–water partition coefficient (Wildman–Crippen LogP) is 3.59. The third-order valence-corrected chi connectivity index (χ3v) is 1.31. The molecule has 0 unspecified atom stereocenters. The van der Waals surface area contributed by atoms with Gasteiger partial charge >= 0.3 is 0 Å². The van der Waals surface area contributed by atoms with E-state index < -0.39 is 0 Å². The Labute approximate surface area is 73.6 Å². The maximum absolute atomic E-state index is 5.08. The van der Waals surface area contributed by atoms with E-state index >= 15 is 0 Å². The zero-order valence-electron chi connectivity index (χ0n) is 7.92. The molecule has 0 radical (unpaired) electrons. The lowest BCUT2D eigenvalue weighted by Gasteiger charge is -1.87. The van der Waals surface area contributed by atoms with Crippen LogP contribution in [0.3, 0.4) is 0 Å². The molecule has 0 spiro atoms. The van der Waals surface area contributed by atoms with Crippen LogP contribution in [0.2, 0.25) is 0 Å². The molecule has 1 aromatic rings. The molecule has 1 aromatic heterocycles. The van der Waals surface area contributed by atoms with E-state index in [1.807, 2.05) is 20.8 Å². The van der Waals surface area contributed by atoms with Crippen LogP contribution >= 0.6 is 0 Å². The summed E-state index contributed by atoms with van der Waals surface area (Å²) in [4.78, 5) is 3.79. The lowest BCUT2D eigenvalue weighted by Crippen LogP contribution is -1.65. The topological polar surface area (TPSA) is 25.5 Å². The second kappa shape index (κ2) is 5.35. The molecule has 0 saturated carbocycles. The molecular weight excluding hydrogens is 150 g/mol. The molecule has 0 N–H and O–H groups in total. The van der Waals surface area contributed by atoms with Gasteiger partial charge in [-0.3, -0.25) is 4.99 Å². The molecule has 0 saturated heterocycles. The summed E-state index contributed by atoms with van der Waals surface area (Å²) in [5, 5.41) is 0. The second-order valence-electron chi connectivity index (χ2n) is 1.99. The minimum atomic E-state index is 0.688. The van der Waals surface area contributed by atoms with Crippen molar-refractivity contribution in [3.8, 4) is 0 Å². The van der Waals surface area contributed by atoms with Gasteiger partial charge in [0.05, 0.1) is 6.26 Å². The van der Waals surface area contributed by atoms with Gasteiger partial charge in [-0.25, -0.2) is 0 Å². The molecule has 0 aliphatic carbocycles. The molecule has 2 nitrogen and oxygen atoms in total. The minimum absolute atomic E-state index is 0.688. The van der Waals surface area contributed by atoms with Gasteiger partial charge in [0.15, 0.2) is 5.76 Å². The second-order valence-corrected chi connectivity index (χ2v) is 1.99. The van der Waals surface area contributed by atoms with Crippen LogP contribution in [-0.4, -0.2) is 6.72 Å².